The van der Waals surface area contributed by atoms with Crippen LogP contribution in [0.3, 0.4) is 0 Å². The molecule has 0 saturated carbocycles. The lowest BCUT2D eigenvalue weighted by Crippen LogP contribution is -2.34. The van der Waals surface area contributed by atoms with E-state index in [2.05, 4.69) is 13.1 Å². The molecule has 0 N–H and O–H groups in total. The molecule has 0 amide bonds. The minimum atomic E-state index is -1.68. The summed E-state index contributed by atoms with van der Waals surface area (Å²) in [6.07, 6.45) is 0. The van der Waals surface area contributed by atoms with Crippen LogP contribution in [0.15, 0.2) is 24.3 Å². The van der Waals surface area contributed by atoms with Gasteiger partial charge >= 0.3 is 0 Å². The maximum Gasteiger partial charge on any atom is 0.180 e. The lowest BCUT2D eigenvalue weighted by atomic mass is 10.4. The standard InChI is InChI=1S/C8H10Cl2Si/c1-11(2,10)8-5-3-4-7(9)6-8/h3-6H,1-2H3. The molecule has 1 aromatic rings. The SMILES string of the molecule is C[Si](C)(Cl)c1cccc(Cl)c1. The lowest BCUT2D eigenvalue weighted by molar-refractivity contribution is 1.73. The van der Waals surface area contributed by atoms with Crippen molar-refractivity contribution in [3.8, 4) is 0 Å². The molecule has 0 radical (unpaired) electrons. The molecule has 3 heteroatoms. The number of halogens is 2. The van der Waals surface area contributed by atoms with Crippen LogP contribution in [0.5, 0.6) is 0 Å². The van der Waals surface area contributed by atoms with Crippen molar-refractivity contribution >= 4 is 35.3 Å². The van der Waals surface area contributed by atoms with Gasteiger partial charge in [-0.2, -0.15) is 11.1 Å². The van der Waals surface area contributed by atoms with Crippen LogP contribution in [0.2, 0.25) is 18.1 Å². The quantitative estimate of drug-likeness (QED) is 0.488. The van der Waals surface area contributed by atoms with Crippen molar-refractivity contribution in [2.75, 3.05) is 0 Å². The number of hydrogen-bond acceptors (Lipinski definition) is 0. The second kappa shape index (κ2) is 3.17. The molecule has 0 aliphatic rings. The molecular weight excluding hydrogens is 195 g/mol. The minimum Gasteiger partial charge on any atom is -0.162 e. The molecule has 0 aliphatic carbocycles. The van der Waals surface area contributed by atoms with Gasteiger partial charge in [-0.1, -0.05) is 36.8 Å². The summed E-state index contributed by atoms with van der Waals surface area (Å²) in [4.78, 5) is 0. The van der Waals surface area contributed by atoms with E-state index < -0.39 is 7.38 Å². The van der Waals surface area contributed by atoms with E-state index >= 15 is 0 Å². The number of rotatable bonds is 1. The largest absolute Gasteiger partial charge is 0.180 e. The van der Waals surface area contributed by atoms with Crippen LogP contribution in [0, 0.1) is 0 Å². The summed E-state index contributed by atoms with van der Waals surface area (Å²) in [5.41, 5.74) is 0. The van der Waals surface area contributed by atoms with E-state index in [9.17, 15) is 0 Å². The van der Waals surface area contributed by atoms with E-state index in [0.717, 1.165) is 5.02 Å². The van der Waals surface area contributed by atoms with Gasteiger partial charge in [0.25, 0.3) is 0 Å². The maximum absolute atomic E-state index is 6.21. The normalized spacial score (nSPS) is 11.6. The third kappa shape index (κ3) is 2.51. The van der Waals surface area contributed by atoms with Crippen LogP contribution in [0.4, 0.5) is 0 Å². The van der Waals surface area contributed by atoms with E-state index in [1.165, 1.54) is 5.19 Å². The molecule has 1 aromatic carbocycles. The highest BCUT2D eigenvalue weighted by molar-refractivity contribution is 7.26. The van der Waals surface area contributed by atoms with Crippen molar-refractivity contribution in [1.82, 2.24) is 0 Å². The Morgan fingerprint density at radius 2 is 1.91 bits per heavy atom. The molecule has 0 spiro atoms. The van der Waals surface area contributed by atoms with Crippen molar-refractivity contribution < 1.29 is 0 Å². The summed E-state index contributed by atoms with van der Waals surface area (Å²) in [7, 11) is -1.68. The molecule has 60 valence electrons. The maximum atomic E-state index is 6.21. The highest BCUT2D eigenvalue weighted by atomic mass is 35.6. The van der Waals surface area contributed by atoms with Crippen molar-refractivity contribution in [1.29, 1.82) is 0 Å². The molecule has 11 heavy (non-hydrogen) atoms. The average Bonchev–Trinajstić information content (AvgIpc) is 1.86. The zero-order valence-electron chi connectivity index (χ0n) is 6.57. The average molecular weight is 205 g/mol. The van der Waals surface area contributed by atoms with Crippen LogP contribution in [0.25, 0.3) is 0 Å². The molecule has 0 fully saturated rings. The second-order valence-corrected chi connectivity index (χ2v) is 9.78. The van der Waals surface area contributed by atoms with Gasteiger partial charge in [0.2, 0.25) is 0 Å². The van der Waals surface area contributed by atoms with Crippen molar-refractivity contribution in [3.05, 3.63) is 29.3 Å². The molecule has 0 unspecified atom stereocenters. The monoisotopic (exact) mass is 204 g/mol. The molecule has 0 aliphatic heterocycles. The fourth-order valence-corrected chi connectivity index (χ4v) is 2.48. The van der Waals surface area contributed by atoms with Crippen LogP contribution >= 0.6 is 22.7 Å². The number of benzene rings is 1. The first-order valence-electron chi connectivity index (χ1n) is 3.45. The first kappa shape index (κ1) is 9.11. The van der Waals surface area contributed by atoms with Crippen molar-refractivity contribution in [2.24, 2.45) is 0 Å². The van der Waals surface area contributed by atoms with E-state index in [4.69, 9.17) is 22.7 Å². The second-order valence-electron chi connectivity index (χ2n) is 2.98. The fraction of sp³-hybridized carbons (Fsp3) is 0.250. The molecule has 0 saturated heterocycles. The fourth-order valence-electron chi connectivity index (χ4n) is 0.858. The molecule has 0 nitrogen and oxygen atoms in total. The van der Waals surface area contributed by atoms with Gasteiger partial charge in [-0.05, 0) is 17.3 Å². The van der Waals surface area contributed by atoms with Crippen molar-refractivity contribution in [2.45, 2.75) is 13.1 Å². The van der Waals surface area contributed by atoms with Gasteiger partial charge in [-0.3, -0.25) is 0 Å². The molecule has 0 heterocycles. The summed E-state index contributed by atoms with van der Waals surface area (Å²) in [6, 6.07) is 7.78. The van der Waals surface area contributed by atoms with Gasteiger partial charge in [0, 0.05) is 5.02 Å². The predicted octanol–water partition coefficient (Wildman–Crippen LogP) is 2.99. The molecular formula is C8H10Cl2Si. The third-order valence-corrected chi connectivity index (χ3v) is 4.08. The Hall–Kier alpha value is 0.0169. The van der Waals surface area contributed by atoms with Crippen LogP contribution in [-0.4, -0.2) is 7.38 Å². The zero-order valence-corrected chi connectivity index (χ0v) is 9.08. The smallest absolute Gasteiger partial charge is 0.162 e. The Kier molecular flexibility index (Phi) is 2.63. The Balaban J connectivity index is 3.06. The molecule has 1 rings (SSSR count). The highest BCUT2D eigenvalue weighted by Crippen LogP contribution is 2.11. The first-order valence-corrected chi connectivity index (χ1v) is 7.84. The third-order valence-electron chi connectivity index (χ3n) is 1.51. The first-order chi connectivity index (χ1) is 5.00. The molecule has 0 aromatic heterocycles. The summed E-state index contributed by atoms with van der Waals surface area (Å²) in [5, 5.41) is 1.95. The van der Waals surface area contributed by atoms with Gasteiger partial charge < -0.3 is 0 Å². The minimum absolute atomic E-state index is 0.767. The Morgan fingerprint density at radius 3 is 2.27 bits per heavy atom. The highest BCUT2D eigenvalue weighted by Gasteiger charge is 2.19. The Labute approximate surface area is 77.9 Å². The van der Waals surface area contributed by atoms with Crippen LogP contribution in [0.1, 0.15) is 0 Å². The summed E-state index contributed by atoms with van der Waals surface area (Å²) in [6.45, 7) is 4.17. The van der Waals surface area contributed by atoms with Gasteiger partial charge in [0.05, 0.1) is 0 Å². The number of hydrogen-bond donors (Lipinski definition) is 0. The lowest BCUT2D eigenvalue weighted by Gasteiger charge is -2.12. The van der Waals surface area contributed by atoms with E-state index in [1.807, 2.05) is 24.3 Å². The van der Waals surface area contributed by atoms with E-state index in [0.29, 0.717) is 0 Å². The van der Waals surface area contributed by atoms with Crippen LogP contribution < -0.4 is 5.19 Å². The van der Waals surface area contributed by atoms with E-state index in [-0.39, 0.29) is 0 Å². The van der Waals surface area contributed by atoms with Gasteiger partial charge in [0.15, 0.2) is 7.38 Å². The Morgan fingerprint density at radius 1 is 1.27 bits per heavy atom. The predicted molar refractivity (Wildman–Crippen MR) is 54.4 cm³/mol. The zero-order chi connectivity index (χ0) is 8.48. The van der Waals surface area contributed by atoms with E-state index in [1.54, 1.807) is 0 Å². The van der Waals surface area contributed by atoms with Gasteiger partial charge in [-0.25, -0.2) is 0 Å². The topological polar surface area (TPSA) is 0 Å². The summed E-state index contributed by atoms with van der Waals surface area (Å²) < 4.78 is 0. The van der Waals surface area contributed by atoms with Crippen molar-refractivity contribution in [3.63, 3.8) is 0 Å². The Bertz CT molecular complexity index is 253. The summed E-state index contributed by atoms with van der Waals surface area (Å²) in [5.74, 6) is 0. The van der Waals surface area contributed by atoms with Crippen LogP contribution in [-0.2, 0) is 0 Å². The summed E-state index contributed by atoms with van der Waals surface area (Å²) >= 11 is 12.0. The molecule has 0 atom stereocenters. The van der Waals surface area contributed by atoms with Gasteiger partial charge in [0.1, 0.15) is 0 Å². The molecule has 0 bridgehead atoms. The van der Waals surface area contributed by atoms with Gasteiger partial charge in [-0.15, -0.1) is 0 Å².